The van der Waals surface area contributed by atoms with Gasteiger partial charge in [0.2, 0.25) is 0 Å². The van der Waals surface area contributed by atoms with Crippen LogP contribution in [0.1, 0.15) is 49.0 Å². The summed E-state index contributed by atoms with van der Waals surface area (Å²) >= 11 is 0. The van der Waals surface area contributed by atoms with Crippen LogP contribution in [-0.4, -0.2) is 40.9 Å². The summed E-state index contributed by atoms with van der Waals surface area (Å²) in [6.45, 7) is 8.62. The molecule has 23 heavy (non-hydrogen) atoms. The number of piperidine rings is 1. The summed E-state index contributed by atoms with van der Waals surface area (Å²) in [5.41, 5.74) is 0.905. The van der Waals surface area contributed by atoms with Crippen molar-refractivity contribution in [1.82, 2.24) is 10.2 Å². The van der Waals surface area contributed by atoms with Crippen LogP contribution in [0.4, 0.5) is 5.69 Å². The molecule has 1 aromatic carbocycles. The second-order valence-corrected chi connectivity index (χ2v) is 6.80. The molecule has 6 nitrogen and oxygen atoms in total. The minimum atomic E-state index is -0.434. The number of likely N-dealkylation sites (tertiary alicyclic amines) is 1. The predicted octanol–water partition coefficient (Wildman–Crippen LogP) is 2.90. The molecule has 126 valence electrons. The molecule has 1 aliphatic rings. The van der Waals surface area contributed by atoms with E-state index in [-0.39, 0.29) is 17.1 Å². The third-order valence-electron chi connectivity index (χ3n) is 4.55. The van der Waals surface area contributed by atoms with E-state index >= 15 is 0 Å². The summed E-state index contributed by atoms with van der Waals surface area (Å²) in [6, 6.07) is 4.47. The highest BCUT2D eigenvalue weighted by atomic mass is 16.6. The number of nitro groups is 1. The van der Waals surface area contributed by atoms with Crippen molar-refractivity contribution in [1.29, 1.82) is 0 Å². The quantitative estimate of drug-likeness (QED) is 0.669. The van der Waals surface area contributed by atoms with Gasteiger partial charge in [0, 0.05) is 29.3 Å². The average Bonchev–Trinajstić information content (AvgIpc) is 2.53. The number of carbonyl (C=O) groups is 1. The van der Waals surface area contributed by atoms with E-state index in [0.29, 0.717) is 17.7 Å². The SMILES string of the molecule is Cc1cc(C(=O)NCC(C)(C)N2CCCCC2)ccc1[N+](=O)[O-]. The molecule has 0 aromatic heterocycles. The fraction of sp³-hybridized carbons (Fsp3) is 0.588. The van der Waals surface area contributed by atoms with Gasteiger partial charge in [0.1, 0.15) is 0 Å². The molecule has 1 amide bonds. The third-order valence-corrected chi connectivity index (χ3v) is 4.55. The molecule has 0 unspecified atom stereocenters. The molecule has 6 heteroatoms. The van der Waals surface area contributed by atoms with Crippen LogP contribution in [0.3, 0.4) is 0 Å². The highest BCUT2D eigenvalue weighted by Gasteiger charge is 2.28. The molecule has 2 rings (SSSR count). The standard InChI is InChI=1S/C17H25N3O3/c1-13-11-14(7-8-15(13)20(22)23)16(21)18-12-17(2,3)19-9-5-4-6-10-19/h7-8,11H,4-6,9-10,12H2,1-3H3,(H,18,21). The molecule has 0 bridgehead atoms. The number of hydrogen-bond donors (Lipinski definition) is 1. The first kappa shape index (κ1) is 17.4. The maximum atomic E-state index is 12.3. The summed E-state index contributed by atoms with van der Waals surface area (Å²) in [7, 11) is 0. The van der Waals surface area contributed by atoms with Crippen molar-refractivity contribution >= 4 is 11.6 Å². The fourth-order valence-corrected chi connectivity index (χ4v) is 3.01. The molecule has 1 saturated heterocycles. The van der Waals surface area contributed by atoms with Crippen LogP contribution < -0.4 is 5.32 Å². The second kappa shape index (κ2) is 7.08. The van der Waals surface area contributed by atoms with Crippen LogP contribution in [-0.2, 0) is 0 Å². The second-order valence-electron chi connectivity index (χ2n) is 6.80. The highest BCUT2D eigenvalue weighted by Crippen LogP contribution is 2.21. The Bertz CT molecular complexity index is 593. The molecule has 1 aromatic rings. The molecule has 0 atom stereocenters. The number of benzene rings is 1. The molecule has 1 heterocycles. The number of hydrogen-bond acceptors (Lipinski definition) is 4. The molecule has 1 N–H and O–H groups in total. The fourth-order valence-electron chi connectivity index (χ4n) is 3.01. The molecule has 1 fully saturated rings. The van der Waals surface area contributed by atoms with E-state index in [0.717, 1.165) is 13.1 Å². The molecule has 0 aliphatic carbocycles. The van der Waals surface area contributed by atoms with Gasteiger partial charge in [0.05, 0.1) is 4.92 Å². The van der Waals surface area contributed by atoms with Crippen LogP contribution in [0, 0.1) is 17.0 Å². The molecule has 0 saturated carbocycles. The Morgan fingerprint density at radius 1 is 1.30 bits per heavy atom. The summed E-state index contributed by atoms with van der Waals surface area (Å²) in [4.78, 5) is 25.1. The highest BCUT2D eigenvalue weighted by molar-refractivity contribution is 5.94. The van der Waals surface area contributed by atoms with Crippen molar-refractivity contribution in [3.8, 4) is 0 Å². The van der Waals surface area contributed by atoms with E-state index in [4.69, 9.17) is 0 Å². The van der Waals surface area contributed by atoms with Crippen LogP contribution in [0.5, 0.6) is 0 Å². The van der Waals surface area contributed by atoms with Gasteiger partial charge in [-0.1, -0.05) is 6.42 Å². The summed E-state index contributed by atoms with van der Waals surface area (Å²) in [6.07, 6.45) is 3.69. The van der Waals surface area contributed by atoms with Gasteiger partial charge in [0.15, 0.2) is 0 Å². The number of rotatable bonds is 5. The molecule has 0 spiro atoms. The van der Waals surface area contributed by atoms with E-state index < -0.39 is 4.92 Å². The number of amides is 1. The number of carbonyl (C=O) groups excluding carboxylic acids is 1. The van der Waals surface area contributed by atoms with Crippen molar-refractivity contribution in [2.45, 2.75) is 45.6 Å². The van der Waals surface area contributed by atoms with Crippen LogP contribution >= 0.6 is 0 Å². The Labute approximate surface area is 137 Å². The zero-order valence-corrected chi connectivity index (χ0v) is 14.1. The van der Waals surface area contributed by atoms with Gasteiger partial charge in [-0.05, 0) is 58.8 Å². The van der Waals surface area contributed by atoms with E-state index in [1.54, 1.807) is 13.0 Å². The third kappa shape index (κ3) is 4.28. The van der Waals surface area contributed by atoms with Crippen molar-refractivity contribution in [2.24, 2.45) is 0 Å². The zero-order valence-electron chi connectivity index (χ0n) is 14.1. The first-order valence-corrected chi connectivity index (χ1v) is 8.09. The maximum Gasteiger partial charge on any atom is 0.272 e. The van der Waals surface area contributed by atoms with Gasteiger partial charge in [-0.15, -0.1) is 0 Å². The van der Waals surface area contributed by atoms with Crippen LogP contribution in [0.15, 0.2) is 18.2 Å². The lowest BCUT2D eigenvalue weighted by atomic mass is 9.98. The predicted molar refractivity (Wildman–Crippen MR) is 89.7 cm³/mol. The normalized spacial score (nSPS) is 16.1. The van der Waals surface area contributed by atoms with Crippen molar-refractivity contribution in [3.63, 3.8) is 0 Å². The summed E-state index contributed by atoms with van der Waals surface area (Å²) in [5.74, 6) is -0.187. The van der Waals surface area contributed by atoms with Gasteiger partial charge in [-0.2, -0.15) is 0 Å². The molecular weight excluding hydrogens is 294 g/mol. The van der Waals surface area contributed by atoms with Gasteiger partial charge in [-0.3, -0.25) is 19.8 Å². The van der Waals surface area contributed by atoms with Crippen molar-refractivity contribution < 1.29 is 9.72 Å². The lowest BCUT2D eigenvalue weighted by Gasteiger charge is -2.41. The van der Waals surface area contributed by atoms with Crippen molar-refractivity contribution in [3.05, 3.63) is 39.4 Å². The first-order chi connectivity index (χ1) is 10.8. The summed E-state index contributed by atoms with van der Waals surface area (Å²) < 4.78 is 0. The maximum absolute atomic E-state index is 12.3. The van der Waals surface area contributed by atoms with Gasteiger partial charge >= 0.3 is 0 Å². The lowest BCUT2D eigenvalue weighted by Crippen LogP contribution is -2.53. The number of nitrogens with zero attached hydrogens (tertiary/aromatic N) is 2. The van der Waals surface area contributed by atoms with Gasteiger partial charge < -0.3 is 5.32 Å². The Kier molecular flexibility index (Phi) is 5.36. The Morgan fingerprint density at radius 3 is 2.52 bits per heavy atom. The Balaban J connectivity index is 1.99. The number of nitro benzene ring substituents is 1. The summed E-state index contributed by atoms with van der Waals surface area (Å²) in [5, 5.41) is 13.8. The largest absolute Gasteiger partial charge is 0.350 e. The zero-order chi connectivity index (χ0) is 17.0. The van der Waals surface area contributed by atoms with Crippen LogP contribution in [0.2, 0.25) is 0 Å². The lowest BCUT2D eigenvalue weighted by molar-refractivity contribution is -0.385. The minimum Gasteiger partial charge on any atom is -0.350 e. The van der Waals surface area contributed by atoms with Crippen molar-refractivity contribution in [2.75, 3.05) is 19.6 Å². The monoisotopic (exact) mass is 319 g/mol. The smallest absolute Gasteiger partial charge is 0.272 e. The topological polar surface area (TPSA) is 75.5 Å². The first-order valence-electron chi connectivity index (χ1n) is 8.09. The molecular formula is C17H25N3O3. The van der Waals surface area contributed by atoms with Gasteiger partial charge in [0.25, 0.3) is 11.6 Å². The molecule has 1 aliphatic heterocycles. The number of aryl methyl sites for hydroxylation is 1. The van der Waals surface area contributed by atoms with E-state index in [1.165, 1.54) is 31.4 Å². The Hall–Kier alpha value is -1.95. The molecule has 0 radical (unpaired) electrons. The minimum absolute atomic E-state index is 0.0372. The number of nitrogens with one attached hydrogen (secondary N) is 1. The van der Waals surface area contributed by atoms with E-state index in [1.807, 2.05) is 0 Å². The Morgan fingerprint density at radius 2 is 1.96 bits per heavy atom. The van der Waals surface area contributed by atoms with E-state index in [2.05, 4.69) is 24.1 Å². The van der Waals surface area contributed by atoms with E-state index in [9.17, 15) is 14.9 Å². The average molecular weight is 319 g/mol. The van der Waals surface area contributed by atoms with Crippen LogP contribution in [0.25, 0.3) is 0 Å². The van der Waals surface area contributed by atoms with Gasteiger partial charge in [-0.25, -0.2) is 0 Å².